The van der Waals surface area contributed by atoms with E-state index in [9.17, 15) is 0 Å². The molecule has 1 saturated heterocycles. The average molecular weight is 320 g/mol. The third-order valence-corrected chi connectivity index (χ3v) is 4.39. The van der Waals surface area contributed by atoms with Gasteiger partial charge in [-0.25, -0.2) is 0 Å². The zero-order chi connectivity index (χ0) is 15.8. The number of hydrogen-bond donors (Lipinski definition) is 1. The lowest BCUT2D eigenvalue weighted by Gasteiger charge is -2.29. The van der Waals surface area contributed by atoms with Crippen molar-refractivity contribution in [3.8, 4) is 0 Å². The maximum absolute atomic E-state index is 5.94. The van der Waals surface area contributed by atoms with Gasteiger partial charge in [-0.1, -0.05) is 36.7 Å². The third kappa shape index (κ3) is 5.47. The van der Waals surface area contributed by atoms with E-state index in [-0.39, 0.29) is 0 Å². The minimum Gasteiger partial charge on any atom is -0.313 e. The number of benzene rings is 1. The third-order valence-electron chi connectivity index (χ3n) is 4.14. The molecular formula is C18H26ClN3. The van der Waals surface area contributed by atoms with Crippen molar-refractivity contribution in [3.05, 3.63) is 47.0 Å². The molecule has 1 aliphatic heterocycles. The van der Waals surface area contributed by atoms with Crippen LogP contribution >= 0.6 is 11.6 Å². The molecule has 4 heteroatoms. The highest BCUT2D eigenvalue weighted by Crippen LogP contribution is 2.16. The minimum atomic E-state index is 0.746. The maximum atomic E-state index is 5.94. The Hall–Kier alpha value is -1.32. The number of halogens is 1. The monoisotopic (exact) mass is 319 g/mol. The number of likely N-dealkylation sites (tertiary alicyclic amines) is 1. The van der Waals surface area contributed by atoms with E-state index in [0.29, 0.717) is 0 Å². The van der Waals surface area contributed by atoms with Crippen molar-refractivity contribution in [2.75, 3.05) is 26.7 Å². The van der Waals surface area contributed by atoms with E-state index in [1.54, 1.807) is 0 Å². The second-order valence-corrected chi connectivity index (χ2v) is 6.38. The number of rotatable bonds is 6. The van der Waals surface area contributed by atoms with E-state index in [1.807, 2.05) is 31.3 Å². The summed E-state index contributed by atoms with van der Waals surface area (Å²) in [5.41, 5.74) is 4.88. The molecule has 2 rings (SSSR count). The zero-order valence-electron chi connectivity index (χ0n) is 13.6. The lowest BCUT2D eigenvalue weighted by Crippen LogP contribution is -2.33. The highest BCUT2D eigenvalue weighted by Gasteiger charge is 2.14. The predicted molar refractivity (Wildman–Crippen MR) is 95.6 cm³/mol. The van der Waals surface area contributed by atoms with Crippen LogP contribution < -0.4 is 5.43 Å². The van der Waals surface area contributed by atoms with Crippen molar-refractivity contribution in [2.45, 2.75) is 26.2 Å². The number of nitrogens with zero attached hydrogens (tertiary/aromatic N) is 2. The molecule has 0 atom stereocenters. The topological polar surface area (TPSA) is 27.6 Å². The van der Waals surface area contributed by atoms with Gasteiger partial charge in [-0.05, 0) is 56.5 Å². The van der Waals surface area contributed by atoms with Gasteiger partial charge in [-0.15, -0.1) is 0 Å². The number of hydrogen-bond acceptors (Lipinski definition) is 3. The van der Waals surface area contributed by atoms with Crippen molar-refractivity contribution in [3.63, 3.8) is 0 Å². The second kappa shape index (κ2) is 8.96. The first-order valence-corrected chi connectivity index (χ1v) is 8.46. The van der Waals surface area contributed by atoms with Crippen molar-refractivity contribution >= 4 is 17.3 Å². The molecule has 0 saturated carbocycles. The molecule has 1 aromatic carbocycles. The van der Waals surface area contributed by atoms with Gasteiger partial charge in [0.2, 0.25) is 0 Å². The predicted octanol–water partition coefficient (Wildman–Crippen LogP) is 3.94. The summed E-state index contributed by atoms with van der Waals surface area (Å²) in [6.45, 7) is 5.97. The van der Waals surface area contributed by atoms with Gasteiger partial charge < -0.3 is 10.3 Å². The number of hydrazone groups is 1. The fourth-order valence-corrected chi connectivity index (χ4v) is 2.80. The fourth-order valence-electron chi connectivity index (χ4n) is 2.68. The second-order valence-electron chi connectivity index (χ2n) is 5.94. The Morgan fingerprint density at radius 2 is 2.00 bits per heavy atom. The number of piperidine rings is 1. The standard InChI is InChI=1S/C18H26ClN3/c1-15-10-13-22(14-11-15)12-4-3-5-18(21-20-2)16-6-8-17(19)9-7-16/h3,5-9,15,20H,4,10-14H2,1-2H3/b5-3+,21-18+. The Morgan fingerprint density at radius 1 is 1.32 bits per heavy atom. The highest BCUT2D eigenvalue weighted by atomic mass is 35.5. The smallest absolute Gasteiger partial charge is 0.0898 e. The van der Waals surface area contributed by atoms with Crippen LogP contribution in [-0.4, -0.2) is 37.3 Å². The molecule has 1 heterocycles. The van der Waals surface area contributed by atoms with Crippen LogP contribution in [-0.2, 0) is 0 Å². The van der Waals surface area contributed by atoms with Crippen molar-refractivity contribution < 1.29 is 0 Å². The molecule has 0 aliphatic carbocycles. The van der Waals surface area contributed by atoms with Crippen molar-refractivity contribution in [1.82, 2.24) is 10.3 Å². The summed E-state index contributed by atoms with van der Waals surface area (Å²) in [4.78, 5) is 2.56. The first-order valence-electron chi connectivity index (χ1n) is 8.08. The molecule has 0 aromatic heterocycles. The molecule has 120 valence electrons. The van der Waals surface area contributed by atoms with E-state index >= 15 is 0 Å². The van der Waals surface area contributed by atoms with Gasteiger partial charge in [0.05, 0.1) is 5.71 Å². The van der Waals surface area contributed by atoms with Crippen LogP contribution in [0.5, 0.6) is 0 Å². The SMILES string of the molecule is CN/N=C(\C=C\CCN1CCC(C)CC1)c1ccc(Cl)cc1. The zero-order valence-corrected chi connectivity index (χ0v) is 14.3. The van der Waals surface area contributed by atoms with Crippen LogP contribution in [0.15, 0.2) is 41.5 Å². The minimum absolute atomic E-state index is 0.746. The maximum Gasteiger partial charge on any atom is 0.0898 e. The lowest BCUT2D eigenvalue weighted by atomic mass is 9.99. The van der Waals surface area contributed by atoms with Crippen molar-refractivity contribution in [2.24, 2.45) is 11.0 Å². The summed E-state index contributed by atoms with van der Waals surface area (Å²) in [7, 11) is 1.82. The quantitative estimate of drug-likeness (QED) is 0.635. The lowest BCUT2D eigenvalue weighted by molar-refractivity contribution is 0.195. The van der Waals surface area contributed by atoms with E-state index in [0.717, 1.165) is 35.2 Å². The Morgan fingerprint density at radius 3 is 2.64 bits per heavy atom. The van der Waals surface area contributed by atoms with Crippen LogP contribution in [0.25, 0.3) is 0 Å². The molecule has 1 aliphatic rings. The molecular weight excluding hydrogens is 294 g/mol. The van der Waals surface area contributed by atoms with Crippen LogP contribution in [0.1, 0.15) is 31.7 Å². The van der Waals surface area contributed by atoms with Crippen molar-refractivity contribution in [1.29, 1.82) is 0 Å². The van der Waals surface area contributed by atoms with Crippen LogP contribution in [0.3, 0.4) is 0 Å². The molecule has 0 spiro atoms. The van der Waals surface area contributed by atoms with Gasteiger partial charge in [0.25, 0.3) is 0 Å². The van der Waals surface area contributed by atoms with E-state index in [2.05, 4.69) is 34.5 Å². The Labute approximate surface area is 139 Å². The molecule has 1 aromatic rings. The summed E-state index contributed by atoms with van der Waals surface area (Å²) in [6.07, 6.45) is 8.03. The fraction of sp³-hybridized carbons (Fsp3) is 0.500. The van der Waals surface area contributed by atoms with Gasteiger partial charge >= 0.3 is 0 Å². The molecule has 0 unspecified atom stereocenters. The molecule has 0 amide bonds. The van der Waals surface area contributed by atoms with Crippen LogP contribution in [0.4, 0.5) is 0 Å². The summed E-state index contributed by atoms with van der Waals surface area (Å²) in [6, 6.07) is 7.78. The number of nitrogens with one attached hydrogen (secondary N) is 1. The Bertz CT molecular complexity index is 500. The summed E-state index contributed by atoms with van der Waals surface area (Å²) in [5.74, 6) is 0.895. The molecule has 0 bridgehead atoms. The number of allylic oxidation sites excluding steroid dienone is 1. The van der Waals surface area contributed by atoms with Gasteiger partial charge in [-0.3, -0.25) is 0 Å². The largest absolute Gasteiger partial charge is 0.313 e. The average Bonchev–Trinajstić information content (AvgIpc) is 2.53. The van der Waals surface area contributed by atoms with Crippen LogP contribution in [0.2, 0.25) is 5.02 Å². The van der Waals surface area contributed by atoms with Gasteiger partial charge in [0.15, 0.2) is 0 Å². The van der Waals surface area contributed by atoms with E-state index in [4.69, 9.17) is 11.6 Å². The normalized spacial score (nSPS) is 18.0. The summed E-state index contributed by atoms with van der Waals surface area (Å²) >= 11 is 5.94. The Balaban J connectivity index is 1.86. The molecule has 1 N–H and O–H groups in total. The highest BCUT2D eigenvalue weighted by molar-refractivity contribution is 6.30. The van der Waals surface area contributed by atoms with Gasteiger partial charge in [-0.2, -0.15) is 5.10 Å². The molecule has 22 heavy (non-hydrogen) atoms. The van der Waals surface area contributed by atoms with E-state index in [1.165, 1.54) is 25.9 Å². The molecule has 1 fully saturated rings. The van der Waals surface area contributed by atoms with Gasteiger partial charge in [0, 0.05) is 24.2 Å². The van der Waals surface area contributed by atoms with E-state index < -0.39 is 0 Å². The first kappa shape index (κ1) is 17.0. The molecule has 3 nitrogen and oxygen atoms in total. The molecule has 0 radical (unpaired) electrons. The van der Waals surface area contributed by atoms with Crippen LogP contribution in [0, 0.1) is 5.92 Å². The van der Waals surface area contributed by atoms with Gasteiger partial charge in [0.1, 0.15) is 0 Å². The summed E-state index contributed by atoms with van der Waals surface area (Å²) < 4.78 is 0. The summed E-state index contributed by atoms with van der Waals surface area (Å²) in [5, 5.41) is 5.09. The Kier molecular flexibility index (Phi) is 6.94. The first-order chi connectivity index (χ1) is 10.7.